The molecular formula is C26H49N7O10. The number of carbonyl (C=O) groups is 1. The topological polar surface area (TPSA) is 306 Å². The molecule has 17 nitrogen and oxygen atoms in total. The summed E-state index contributed by atoms with van der Waals surface area (Å²) in [5.41, 5.74) is 22.7. The zero-order valence-electron chi connectivity index (χ0n) is 24.0. The number of nitrogens with one attached hydrogen (secondary N) is 3. The van der Waals surface area contributed by atoms with Crippen LogP contribution < -0.4 is 38.9 Å². The third-order valence-electron chi connectivity index (χ3n) is 9.81. The van der Waals surface area contributed by atoms with E-state index in [1.54, 1.807) is 0 Å². The fourth-order valence-corrected chi connectivity index (χ4v) is 7.11. The van der Waals surface area contributed by atoms with Crippen LogP contribution in [-0.2, 0) is 19.0 Å². The summed E-state index contributed by atoms with van der Waals surface area (Å²) in [5, 5.41) is 73.6. The molecular weight excluding hydrogens is 570 g/mol. The van der Waals surface area contributed by atoms with Gasteiger partial charge in [0.25, 0.3) is 5.91 Å². The predicted molar refractivity (Wildman–Crippen MR) is 149 cm³/mol. The van der Waals surface area contributed by atoms with Crippen LogP contribution in [0.15, 0.2) is 0 Å². The van der Waals surface area contributed by atoms with E-state index in [2.05, 4.69) is 16.0 Å². The van der Waals surface area contributed by atoms with Crippen LogP contribution in [0.1, 0.15) is 25.7 Å². The van der Waals surface area contributed by atoms with Crippen molar-refractivity contribution < 1.29 is 49.6 Å². The van der Waals surface area contributed by atoms with E-state index in [0.717, 1.165) is 13.1 Å². The lowest BCUT2D eigenvalue weighted by atomic mass is 9.71. The normalized spacial score (nSPS) is 50.9. The Bertz CT molecular complexity index is 959. The van der Waals surface area contributed by atoms with Crippen LogP contribution in [0.2, 0.25) is 0 Å². The maximum Gasteiger partial charge on any atom is 0.252 e. The molecule has 248 valence electrons. The largest absolute Gasteiger partial charge is 0.394 e. The standard InChI is InChI=1S/C26H49N7O10/c27-5-15-14(35)2-13(32-10-6-31-7-10)22(41-15)17-11(29)1-12(33-25(39)26(40)3-9(28)4-26)23(20(17)37)43-24-21(38)18(30)19(36)16(8-34)42-24/h9-24,31-32,34-38,40H,1-8,27-30H2,(H,33,39)/t9?,11-,12+,13+,14-,15+,16+,17?,18-,19+,20-,21+,22-,23-,24+,26?/m0/s1. The van der Waals surface area contributed by atoms with Gasteiger partial charge in [-0.05, 0) is 12.8 Å². The van der Waals surface area contributed by atoms with Gasteiger partial charge in [0.05, 0.1) is 43.1 Å². The second-order valence-electron chi connectivity index (χ2n) is 12.9. The van der Waals surface area contributed by atoms with Gasteiger partial charge in [-0.15, -0.1) is 0 Å². The molecule has 1 amide bonds. The van der Waals surface area contributed by atoms with Crippen molar-refractivity contribution in [2.75, 3.05) is 26.2 Å². The summed E-state index contributed by atoms with van der Waals surface area (Å²) in [5.74, 6) is -1.49. The maximum atomic E-state index is 13.1. The number of rotatable bonds is 9. The van der Waals surface area contributed by atoms with Crippen molar-refractivity contribution in [3.63, 3.8) is 0 Å². The molecule has 3 saturated heterocycles. The first kappa shape index (κ1) is 33.2. The van der Waals surface area contributed by atoms with Gasteiger partial charge in [0.2, 0.25) is 0 Å². The summed E-state index contributed by atoms with van der Waals surface area (Å²) >= 11 is 0. The van der Waals surface area contributed by atoms with E-state index < -0.39 is 103 Å². The summed E-state index contributed by atoms with van der Waals surface area (Å²) in [6.07, 6.45) is -10.0. The van der Waals surface area contributed by atoms with E-state index in [1.165, 1.54) is 0 Å². The Hall–Kier alpha value is -1.13. The van der Waals surface area contributed by atoms with E-state index in [0.29, 0.717) is 6.42 Å². The summed E-state index contributed by atoms with van der Waals surface area (Å²) in [4.78, 5) is 13.1. The van der Waals surface area contributed by atoms with E-state index in [-0.39, 0.29) is 37.9 Å². The van der Waals surface area contributed by atoms with Gasteiger partial charge in [0.1, 0.15) is 30.0 Å². The van der Waals surface area contributed by atoms with Gasteiger partial charge in [-0.2, -0.15) is 0 Å². The second kappa shape index (κ2) is 13.3. The third kappa shape index (κ3) is 6.58. The molecule has 0 aromatic heterocycles. The smallest absolute Gasteiger partial charge is 0.252 e. The van der Waals surface area contributed by atoms with Gasteiger partial charge < -0.3 is 83.7 Å². The van der Waals surface area contributed by atoms with Gasteiger partial charge in [-0.1, -0.05) is 0 Å². The first-order chi connectivity index (χ1) is 20.4. The fourth-order valence-electron chi connectivity index (χ4n) is 7.11. The lowest BCUT2D eigenvalue weighted by Gasteiger charge is -2.53. The molecule has 0 bridgehead atoms. The van der Waals surface area contributed by atoms with Crippen LogP contribution in [0, 0.1) is 5.92 Å². The molecule has 0 radical (unpaired) electrons. The molecule has 0 spiro atoms. The molecule has 17 heteroatoms. The van der Waals surface area contributed by atoms with Gasteiger partial charge >= 0.3 is 0 Å². The van der Waals surface area contributed by atoms with Crippen molar-refractivity contribution >= 4 is 5.91 Å². The second-order valence-corrected chi connectivity index (χ2v) is 12.9. The van der Waals surface area contributed by atoms with Gasteiger partial charge in [0, 0.05) is 62.6 Å². The van der Waals surface area contributed by atoms with Crippen LogP contribution in [0.5, 0.6) is 0 Å². The quantitative estimate of drug-likeness (QED) is 0.114. The molecule has 2 aliphatic carbocycles. The molecule has 2 saturated carbocycles. The highest BCUT2D eigenvalue weighted by Gasteiger charge is 2.56. The highest BCUT2D eigenvalue weighted by atomic mass is 16.7. The average Bonchev–Trinajstić information content (AvgIpc) is 2.92. The molecule has 43 heavy (non-hydrogen) atoms. The number of ether oxygens (including phenoxy) is 3. The van der Waals surface area contributed by atoms with E-state index in [9.17, 15) is 35.4 Å². The molecule has 17 N–H and O–H groups in total. The SMILES string of the molecule is NC[C@H]1O[C@H](C2[C@@H](N)C[C@@H](NC(=O)C3(O)CC(N)C3)[C@H](O[C@H]3O[C@H](CO)[C@@H](O)[C@H](N)[C@H]3O)[C@H]2O)[C@H](NC2CNC2)C[C@@H]1O. The molecule has 3 aliphatic heterocycles. The van der Waals surface area contributed by atoms with Gasteiger partial charge in [0.15, 0.2) is 6.29 Å². The Morgan fingerprint density at radius 2 is 1.67 bits per heavy atom. The number of amides is 1. The first-order valence-electron chi connectivity index (χ1n) is 15.1. The summed E-state index contributed by atoms with van der Waals surface area (Å²) < 4.78 is 18.0. The summed E-state index contributed by atoms with van der Waals surface area (Å²) in [6, 6.07) is -3.55. The van der Waals surface area contributed by atoms with Crippen molar-refractivity contribution in [3.8, 4) is 0 Å². The van der Waals surface area contributed by atoms with Crippen molar-refractivity contribution in [2.24, 2.45) is 28.9 Å². The van der Waals surface area contributed by atoms with Crippen LogP contribution in [0.25, 0.3) is 0 Å². The Labute approximate surface area is 249 Å². The number of carbonyl (C=O) groups excluding carboxylic acids is 1. The maximum absolute atomic E-state index is 13.1. The highest BCUT2D eigenvalue weighted by Crippen LogP contribution is 2.38. The predicted octanol–water partition coefficient (Wildman–Crippen LogP) is -7.41. The molecule has 5 aliphatic rings. The van der Waals surface area contributed by atoms with E-state index in [1.807, 2.05) is 0 Å². The summed E-state index contributed by atoms with van der Waals surface area (Å²) in [7, 11) is 0. The van der Waals surface area contributed by atoms with Crippen LogP contribution in [0.4, 0.5) is 0 Å². The number of hydrogen-bond donors (Lipinski definition) is 13. The Balaban J connectivity index is 1.41. The van der Waals surface area contributed by atoms with Gasteiger partial charge in [-0.3, -0.25) is 4.79 Å². The van der Waals surface area contributed by atoms with Crippen molar-refractivity contribution in [1.29, 1.82) is 0 Å². The Morgan fingerprint density at radius 1 is 0.977 bits per heavy atom. The zero-order valence-corrected chi connectivity index (χ0v) is 24.0. The van der Waals surface area contributed by atoms with Crippen LogP contribution >= 0.6 is 0 Å². The van der Waals surface area contributed by atoms with Crippen molar-refractivity contribution in [1.82, 2.24) is 16.0 Å². The number of nitrogens with two attached hydrogens (primary N) is 4. The molecule has 3 heterocycles. The van der Waals surface area contributed by atoms with Gasteiger partial charge in [-0.25, -0.2) is 0 Å². The molecule has 5 fully saturated rings. The monoisotopic (exact) mass is 619 g/mol. The van der Waals surface area contributed by atoms with E-state index in [4.69, 9.17) is 37.1 Å². The van der Waals surface area contributed by atoms with Crippen molar-refractivity contribution in [2.45, 2.75) is 123 Å². The minimum absolute atomic E-state index is 0.0393. The number of hydrogen-bond acceptors (Lipinski definition) is 16. The van der Waals surface area contributed by atoms with Crippen molar-refractivity contribution in [3.05, 3.63) is 0 Å². The minimum Gasteiger partial charge on any atom is -0.394 e. The average molecular weight is 620 g/mol. The fraction of sp³-hybridized carbons (Fsp3) is 0.962. The van der Waals surface area contributed by atoms with E-state index >= 15 is 0 Å². The van der Waals surface area contributed by atoms with Crippen LogP contribution in [0.3, 0.4) is 0 Å². The number of aliphatic hydroxyl groups is 6. The molecule has 0 aromatic carbocycles. The molecule has 14 atom stereocenters. The lowest BCUT2D eigenvalue weighted by molar-refractivity contribution is -0.307. The molecule has 5 rings (SSSR count). The number of aliphatic hydroxyl groups excluding tert-OH is 5. The third-order valence-corrected chi connectivity index (χ3v) is 9.81. The zero-order chi connectivity index (χ0) is 31.2. The molecule has 0 aromatic rings. The molecule has 1 unspecified atom stereocenters. The summed E-state index contributed by atoms with van der Waals surface area (Å²) in [6.45, 7) is 0.871. The van der Waals surface area contributed by atoms with Crippen LogP contribution in [-0.4, -0.2) is 160 Å². The lowest BCUT2D eigenvalue weighted by Crippen LogP contribution is -2.72. The Kier molecular flexibility index (Phi) is 10.3. The highest BCUT2D eigenvalue weighted by molar-refractivity contribution is 5.86. The first-order valence-corrected chi connectivity index (χ1v) is 15.1. The Morgan fingerprint density at radius 3 is 2.26 bits per heavy atom. The minimum atomic E-state index is -1.69.